The quantitative estimate of drug-likeness (QED) is 0.349. The zero-order valence-electron chi connectivity index (χ0n) is 18.5. The highest BCUT2D eigenvalue weighted by atomic mass is 16.5. The summed E-state index contributed by atoms with van der Waals surface area (Å²) in [6, 6.07) is 10.0. The van der Waals surface area contributed by atoms with Crippen LogP contribution >= 0.6 is 0 Å². The van der Waals surface area contributed by atoms with Crippen molar-refractivity contribution >= 4 is 28.6 Å². The maximum Gasteiger partial charge on any atom is 0.325 e. The van der Waals surface area contributed by atoms with E-state index in [1.807, 2.05) is 42.0 Å². The van der Waals surface area contributed by atoms with Gasteiger partial charge >= 0.3 is 6.03 Å². The number of aromatic amines is 1. The number of ketones is 1. The number of benzene rings is 1. The molecule has 3 aromatic heterocycles. The highest BCUT2D eigenvalue weighted by molar-refractivity contribution is 6.09. The first-order chi connectivity index (χ1) is 15.8. The molecule has 0 bridgehead atoms. The van der Waals surface area contributed by atoms with Crippen molar-refractivity contribution in [3.8, 4) is 5.82 Å². The maximum absolute atomic E-state index is 13.1. The van der Waals surface area contributed by atoms with E-state index < -0.39 is 18.0 Å². The van der Waals surface area contributed by atoms with Crippen LogP contribution in [0.1, 0.15) is 33.1 Å². The summed E-state index contributed by atoms with van der Waals surface area (Å²) >= 11 is 0. The molecule has 1 aliphatic heterocycles. The number of aromatic nitrogens is 3. The zero-order chi connectivity index (χ0) is 23.3. The molecule has 9 nitrogen and oxygen atoms in total. The number of H-pyrrole nitrogens is 1. The van der Waals surface area contributed by atoms with Crippen molar-refractivity contribution in [2.24, 2.45) is 0 Å². The standard InChI is InChI=1S/C24H23N5O4/c1-13-8-18(15(3)29(13)22-9-14(2)33-27-22)21(30)12-28-23(31)20(26-24(28)32)10-16-11-25-19-7-5-4-6-17(16)19/h4-9,11,20,25H,10,12H2,1-3H3,(H,26,32)/t20-/m0/s1. The Morgan fingerprint density at radius 1 is 1.15 bits per heavy atom. The summed E-state index contributed by atoms with van der Waals surface area (Å²) in [7, 11) is 0. The highest BCUT2D eigenvalue weighted by Gasteiger charge is 2.39. The van der Waals surface area contributed by atoms with Crippen molar-refractivity contribution in [3.63, 3.8) is 0 Å². The molecule has 33 heavy (non-hydrogen) atoms. The molecule has 0 unspecified atom stereocenters. The van der Waals surface area contributed by atoms with E-state index >= 15 is 0 Å². The van der Waals surface area contributed by atoms with Crippen LogP contribution in [0.15, 0.2) is 47.1 Å². The molecule has 0 aliphatic carbocycles. The largest absolute Gasteiger partial charge is 0.361 e. The van der Waals surface area contributed by atoms with E-state index in [1.54, 1.807) is 26.0 Å². The molecule has 0 radical (unpaired) electrons. The Morgan fingerprint density at radius 2 is 1.94 bits per heavy atom. The van der Waals surface area contributed by atoms with Gasteiger partial charge < -0.3 is 14.8 Å². The number of para-hydroxylation sites is 1. The average molecular weight is 445 g/mol. The fourth-order valence-electron chi connectivity index (χ4n) is 4.47. The van der Waals surface area contributed by atoms with Crippen LogP contribution in [0.2, 0.25) is 0 Å². The number of amides is 3. The number of urea groups is 1. The van der Waals surface area contributed by atoms with E-state index in [2.05, 4.69) is 15.5 Å². The van der Waals surface area contributed by atoms with Gasteiger partial charge in [-0.25, -0.2) is 4.79 Å². The minimum atomic E-state index is -0.713. The molecule has 1 fully saturated rings. The summed E-state index contributed by atoms with van der Waals surface area (Å²) in [6.07, 6.45) is 2.19. The minimum absolute atomic E-state index is 0.314. The normalized spacial score (nSPS) is 16.1. The first-order valence-corrected chi connectivity index (χ1v) is 10.7. The Kier molecular flexibility index (Phi) is 4.88. The predicted molar refractivity (Wildman–Crippen MR) is 120 cm³/mol. The lowest BCUT2D eigenvalue weighted by Gasteiger charge is -2.12. The van der Waals surface area contributed by atoms with Crippen LogP contribution in [-0.2, 0) is 11.2 Å². The summed E-state index contributed by atoms with van der Waals surface area (Å²) in [5.41, 5.74) is 3.82. The number of Topliss-reactive ketones (excluding diaryl/α,β-unsaturated/α-hetero) is 1. The van der Waals surface area contributed by atoms with E-state index in [4.69, 9.17) is 4.52 Å². The molecule has 0 saturated carbocycles. The summed E-state index contributed by atoms with van der Waals surface area (Å²) in [4.78, 5) is 42.8. The smallest absolute Gasteiger partial charge is 0.325 e. The van der Waals surface area contributed by atoms with Crippen LogP contribution < -0.4 is 5.32 Å². The summed E-state index contributed by atoms with van der Waals surface area (Å²) in [6.45, 7) is 5.13. The van der Waals surface area contributed by atoms with Crippen LogP contribution in [0, 0.1) is 20.8 Å². The molecule has 1 aromatic carbocycles. The zero-order valence-corrected chi connectivity index (χ0v) is 18.5. The van der Waals surface area contributed by atoms with Crippen molar-refractivity contribution < 1.29 is 18.9 Å². The van der Waals surface area contributed by atoms with Crippen molar-refractivity contribution in [1.82, 2.24) is 24.9 Å². The van der Waals surface area contributed by atoms with E-state index in [0.717, 1.165) is 27.1 Å². The SMILES string of the molecule is Cc1cc(-n2c(C)cc(C(=O)CN3C(=O)N[C@@H](Cc4c[nH]c5ccccc45)C3=O)c2C)no1. The van der Waals surface area contributed by atoms with E-state index in [0.29, 0.717) is 29.3 Å². The summed E-state index contributed by atoms with van der Waals surface area (Å²) in [5.74, 6) is 0.520. The third-order valence-corrected chi connectivity index (χ3v) is 6.08. The van der Waals surface area contributed by atoms with Crippen molar-refractivity contribution in [2.75, 3.05) is 6.54 Å². The Bertz CT molecular complexity index is 1410. The van der Waals surface area contributed by atoms with Gasteiger partial charge in [-0.1, -0.05) is 23.4 Å². The lowest BCUT2D eigenvalue weighted by Crippen LogP contribution is -2.36. The molecule has 1 saturated heterocycles. The number of carbonyl (C=O) groups excluding carboxylic acids is 3. The van der Waals surface area contributed by atoms with Gasteiger partial charge in [0.05, 0.1) is 6.54 Å². The van der Waals surface area contributed by atoms with E-state index in [-0.39, 0.29) is 12.3 Å². The molecule has 0 spiro atoms. The van der Waals surface area contributed by atoms with Crippen LogP contribution in [-0.4, -0.2) is 49.9 Å². The van der Waals surface area contributed by atoms with Crippen LogP contribution in [0.25, 0.3) is 16.7 Å². The van der Waals surface area contributed by atoms with Gasteiger partial charge in [-0.2, -0.15) is 0 Å². The monoisotopic (exact) mass is 445 g/mol. The van der Waals surface area contributed by atoms with Crippen LogP contribution in [0.3, 0.4) is 0 Å². The lowest BCUT2D eigenvalue weighted by atomic mass is 10.0. The molecule has 168 valence electrons. The Balaban J connectivity index is 1.34. The van der Waals surface area contributed by atoms with Gasteiger partial charge in [0, 0.05) is 46.5 Å². The molecule has 1 atom stereocenters. The predicted octanol–water partition coefficient (Wildman–Crippen LogP) is 3.22. The van der Waals surface area contributed by atoms with Crippen LogP contribution in [0.5, 0.6) is 0 Å². The van der Waals surface area contributed by atoms with Gasteiger partial charge in [-0.15, -0.1) is 0 Å². The first-order valence-electron chi connectivity index (χ1n) is 10.7. The Hall–Kier alpha value is -4.14. The molecule has 2 N–H and O–H groups in total. The van der Waals surface area contributed by atoms with Gasteiger partial charge in [0.1, 0.15) is 11.8 Å². The van der Waals surface area contributed by atoms with Gasteiger partial charge in [0.25, 0.3) is 5.91 Å². The summed E-state index contributed by atoms with van der Waals surface area (Å²) < 4.78 is 6.97. The second-order valence-electron chi connectivity index (χ2n) is 8.33. The molecule has 1 aliphatic rings. The highest BCUT2D eigenvalue weighted by Crippen LogP contribution is 2.23. The third-order valence-electron chi connectivity index (χ3n) is 6.08. The van der Waals surface area contributed by atoms with Gasteiger partial charge in [0.2, 0.25) is 0 Å². The second kappa shape index (κ2) is 7.77. The first kappa shape index (κ1) is 20.7. The fourth-order valence-corrected chi connectivity index (χ4v) is 4.47. The number of aryl methyl sites for hydroxylation is 2. The number of fused-ring (bicyclic) bond motifs is 1. The number of imide groups is 1. The average Bonchev–Trinajstić information content (AvgIpc) is 3.52. The number of nitrogens with one attached hydrogen (secondary N) is 2. The molecular weight excluding hydrogens is 422 g/mol. The van der Waals surface area contributed by atoms with Gasteiger partial charge in [-0.05, 0) is 38.5 Å². The number of hydrogen-bond acceptors (Lipinski definition) is 5. The molecular formula is C24H23N5O4. The molecule has 3 amide bonds. The van der Waals surface area contributed by atoms with Crippen molar-refractivity contribution in [2.45, 2.75) is 33.2 Å². The minimum Gasteiger partial charge on any atom is -0.361 e. The molecule has 9 heteroatoms. The van der Waals surface area contributed by atoms with Crippen molar-refractivity contribution in [3.05, 3.63) is 70.9 Å². The Labute approximate surface area is 189 Å². The van der Waals surface area contributed by atoms with E-state index in [9.17, 15) is 14.4 Å². The Morgan fingerprint density at radius 3 is 2.70 bits per heavy atom. The van der Waals surface area contributed by atoms with Gasteiger partial charge in [-0.3, -0.25) is 19.1 Å². The number of rotatable bonds is 6. The molecule has 5 rings (SSSR count). The fraction of sp³-hybridized carbons (Fsp3) is 0.250. The molecule has 4 aromatic rings. The maximum atomic E-state index is 13.1. The molecule has 4 heterocycles. The van der Waals surface area contributed by atoms with Crippen molar-refractivity contribution in [1.29, 1.82) is 0 Å². The lowest BCUT2D eigenvalue weighted by molar-refractivity contribution is -0.127. The number of nitrogens with zero attached hydrogens (tertiary/aromatic N) is 3. The van der Waals surface area contributed by atoms with Crippen LogP contribution in [0.4, 0.5) is 4.79 Å². The topological polar surface area (TPSA) is 113 Å². The second-order valence-corrected chi connectivity index (χ2v) is 8.33. The third kappa shape index (κ3) is 3.51. The number of hydrogen-bond donors (Lipinski definition) is 2. The number of carbonyl (C=O) groups is 3. The van der Waals surface area contributed by atoms with E-state index in [1.165, 1.54) is 0 Å². The van der Waals surface area contributed by atoms with Gasteiger partial charge in [0.15, 0.2) is 11.6 Å². The summed E-state index contributed by atoms with van der Waals surface area (Å²) in [5, 5.41) is 7.74.